The molecule has 0 fully saturated rings. The minimum absolute atomic E-state index is 0. The van der Waals surface area contributed by atoms with E-state index in [1.54, 1.807) is 0 Å². The summed E-state index contributed by atoms with van der Waals surface area (Å²) >= 11 is 0. The van der Waals surface area contributed by atoms with E-state index in [2.05, 4.69) is 11.4 Å². The van der Waals surface area contributed by atoms with Crippen LogP contribution < -0.4 is 11.1 Å². The van der Waals surface area contributed by atoms with Gasteiger partial charge in [-0.15, -0.1) is 12.4 Å². The molecule has 100 valence electrons. The molecule has 4 heteroatoms. The third kappa shape index (κ3) is 3.72. The highest BCUT2D eigenvalue weighted by Crippen LogP contribution is 2.22. The zero-order valence-corrected chi connectivity index (χ0v) is 11.4. The summed E-state index contributed by atoms with van der Waals surface area (Å²) in [6.07, 6.45) is 5.41. The molecule has 0 saturated heterocycles. The van der Waals surface area contributed by atoms with E-state index in [1.807, 2.05) is 12.1 Å². The van der Waals surface area contributed by atoms with Gasteiger partial charge in [0.1, 0.15) is 0 Å². The van der Waals surface area contributed by atoms with Crippen molar-refractivity contribution < 1.29 is 4.79 Å². The summed E-state index contributed by atoms with van der Waals surface area (Å²) < 4.78 is 0. The van der Waals surface area contributed by atoms with E-state index in [1.165, 1.54) is 17.5 Å². The van der Waals surface area contributed by atoms with Crippen molar-refractivity contribution in [1.82, 2.24) is 5.32 Å². The highest BCUT2D eigenvalue weighted by Gasteiger charge is 2.13. The zero-order valence-electron chi connectivity index (χ0n) is 10.6. The molecule has 1 aliphatic rings. The number of amides is 1. The summed E-state index contributed by atoms with van der Waals surface area (Å²) in [5.41, 5.74) is 8.95. The summed E-state index contributed by atoms with van der Waals surface area (Å²) in [5, 5.41) is 2.93. The molecule has 0 aliphatic heterocycles. The molecule has 1 aromatic rings. The summed E-state index contributed by atoms with van der Waals surface area (Å²) in [6.45, 7) is 1.40. The third-order valence-corrected chi connectivity index (χ3v) is 3.28. The van der Waals surface area contributed by atoms with Crippen molar-refractivity contribution in [2.75, 3.05) is 13.1 Å². The van der Waals surface area contributed by atoms with E-state index in [9.17, 15) is 4.79 Å². The summed E-state index contributed by atoms with van der Waals surface area (Å²) in [4.78, 5) is 11.9. The van der Waals surface area contributed by atoms with Gasteiger partial charge in [0.25, 0.3) is 5.91 Å². The van der Waals surface area contributed by atoms with Crippen LogP contribution >= 0.6 is 12.4 Å². The van der Waals surface area contributed by atoms with Crippen LogP contribution in [-0.4, -0.2) is 19.0 Å². The number of halogens is 1. The molecule has 0 unspecified atom stereocenters. The van der Waals surface area contributed by atoms with E-state index in [0.717, 1.165) is 31.2 Å². The Morgan fingerprint density at radius 3 is 2.78 bits per heavy atom. The predicted octanol–water partition coefficient (Wildman–Crippen LogP) is 2.07. The Labute approximate surface area is 115 Å². The highest BCUT2D eigenvalue weighted by atomic mass is 35.5. The number of carbonyl (C=O) groups is 1. The standard InChI is InChI=1S/C14H20N2O.ClH/c15-8-1-2-9-16-14(17)13-7-6-11-4-3-5-12(11)10-13;/h6-7,10H,1-5,8-9,15H2,(H,16,17);1H. The van der Waals surface area contributed by atoms with E-state index in [0.29, 0.717) is 13.1 Å². The Kier molecular flexibility index (Phi) is 6.16. The number of rotatable bonds is 5. The predicted molar refractivity (Wildman–Crippen MR) is 76.3 cm³/mol. The van der Waals surface area contributed by atoms with Gasteiger partial charge in [0.05, 0.1) is 0 Å². The van der Waals surface area contributed by atoms with E-state index in [-0.39, 0.29) is 18.3 Å². The lowest BCUT2D eigenvalue weighted by Crippen LogP contribution is -2.25. The van der Waals surface area contributed by atoms with Gasteiger partial charge in [-0.05, 0) is 61.9 Å². The van der Waals surface area contributed by atoms with Gasteiger partial charge in [-0.25, -0.2) is 0 Å². The van der Waals surface area contributed by atoms with Crippen molar-refractivity contribution in [3.05, 3.63) is 34.9 Å². The number of benzene rings is 1. The van der Waals surface area contributed by atoms with Crippen molar-refractivity contribution in [1.29, 1.82) is 0 Å². The Balaban J connectivity index is 0.00000162. The van der Waals surface area contributed by atoms with Gasteiger partial charge in [-0.2, -0.15) is 0 Å². The highest BCUT2D eigenvalue weighted by molar-refractivity contribution is 5.94. The quantitative estimate of drug-likeness (QED) is 0.804. The lowest BCUT2D eigenvalue weighted by Gasteiger charge is -2.06. The lowest BCUT2D eigenvalue weighted by atomic mass is 10.1. The van der Waals surface area contributed by atoms with Gasteiger partial charge in [-0.1, -0.05) is 6.07 Å². The minimum atomic E-state index is 0. The molecule has 2 rings (SSSR count). The van der Waals surface area contributed by atoms with Gasteiger partial charge in [-0.3, -0.25) is 4.79 Å². The van der Waals surface area contributed by atoms with Gasteiger partial charge in [0, 0.05) is 12.1 Å². The lowest BCUT2D eigenvalue weighted by molar-refractivity contribution is 0.0953. The van der Waals surface area contributed by atoms with Gasteiger partial charge in [0.15, 0.2) is 0 Å². The fourth-order valence-electron chi connectivity index (χ4n) is 2.29. The first-order chi connectivity index (χ1) is 8.31. The maximum absolute atomic E-state index is 11.9. The molecule has 3 nitrogen and oxygen atoms in total. The summed E-state index contributed by atoms with van der Waals surface area (Å²) in [5.74, 6) is 0.0386. The molecule has 0 bridgehead atoms. The Morgan fingerprint density at radius 1 is 1.22 bits per heavy atom. The first-order valence-corrected chi connectivity index (χ1v) is 6.41. The normalized spacial score (nSPS) is 12.7. The second-order valence-corrected chi connectivity index (χ2v) is 4.59. The van der Waals surface area contributed by atoms with Crippen LogP contribution in [0.15, 0.2) is 18.2 Å². The molecular formula is C14H21ClN2O. The second kappa shape index (κ2) is 7.39. The smallest absolute Gasteiger partial charge is 0.251 e. The average Bonchev–Trinajstić information content (AvgIpc) is 2.81. The Hall–Kier alpha value is -1.06. The van der Waals surface area contributed by atoms with Crippen molar-refractivity contribution in [2.24, 2.45) is 5.73 Å². The third-order valence-electron chi connectivity index (χ3n) is 3.28. The molecule has 0 spiro atoms. The molecule has 0 aromatic heterocycles. The topological polar surface area (TPSA) is 55.1 Å². The number of fused-ring (bicyclic) bond motifs is 1. The molecule has 18 heavy (non-hydrogen) atoms. The van der Waals surface area contributed by atoms with Crippen LogP contribution in [-0.2, 0) is 12.8 Å². The number of unbranched alkanes of at least 4 members (excludes halogenated alkanes) is 1. The van der Waals surface area contributed by atoms with Crippen LogP contribution in [0.1, 0.15) is 40.7 Å². The Morgan fingerprint density at radius 2 is 2.00 bits per heavy atom. The first kappa shape index (κ1) is 15.0. The largest absolute Gasteiger partial charge is 0.352 e. The second-order valence-electron chi connectivity index (χ2n) is 4.59. The van der Waals surface area contributed by atoms with Crippen molar-refractivity contribution in [2.45, 2.75) is 32.1 Å². The summed E-state index contributed by atoms with van der Waals surface area (Å²) in [7, 11) is 0. The SMILES string of the molecule is Cl.NCCCCNC(=O)c1ccc2c(c1)CCC2. The van der Waals surface area contributed by atoms with Crippen LogP contribution in [0.4, 0.5) is 0 Å². The fraction of sp³-hybridized carbons (Fsp3) is 0.500. The number of hydrogen-bond acceptors (Lipinski definition) is 2. The molecule has 1 aliphatic carbocycles. The molecular weight excluding hydrogens is 248 g/mol. The molecule has 0 radical (unpaired) electrons. The molecule has 0 heterocycles. The van der Waals surface area contributed by atoms with Gasteiger partial charge < -0.3 is 11.1 Å². The van der Waals surface area contributed by atoms with Crippen molar-refractivity contribution >= 4 is 18.3 Å². The van der Waals surface area contributed by atoms with Crippen LogP contribution in [0.25, 0.3) is 0 Å². The van der Waals surface area contributed by atoms with E-state index < -0.39 is 0 Å². The monoisotopic (exact) mass is 268 g/mol. The summed E-state index contributed by atoms with van der Waals surface area (Å²) in [6, 6.07) is 6.07. The van der Waals surface area contributed by atoms with Gasteiger partial charge in [0.2, 0.25) is 0 Å². The van der Waals surface area contributed by atoms with E-state index in [4.69, 9.17) is 5.73 Å². The maximum atomic E-state index is 11.9. The number of nitrogens with one attached hydrogen (secondary N) is 1. The fourth-order valence-corrected chi connectivity index (χ4v) is 2.29. The first-order valence-electron chi connectivity index (χ1n) is 6.41. The maximum Gasteiger partial charge on any atom is 0.251 e. The minimum Gasteiger partial charge on any atom is -0.352 e. The van der Waals surface area contributed by atoms with Crippen LogP contribution in [0.5, 0.6) is 0 Å². The zero-order chi connectivity index (χ0) is 12.1. The van der Waals surface area contributed by atoms with Crippen molar-refractivity contribution in [3.8, 4) is 0 Å². The van der Waals surface area contributed by atoms with Gasteiger partial charge >= 0.3 is 0 Å². The molecule has 0 saturated carbocycles. The molecule has 3 N–H and O–H groups in total. The van der Waals surface area contributed by atoms with Crippen LogP contribution in [0.2, 0.25) is 0 Å². The Bertz CT molecular complexity index is 407. The average molecular weight is 269 g/mol. The van der Waals surface area contributed by atoms with Crippen LogP contribution in [0.3, 0.4) is 0 Å². The molecule has 1 aromatic carbocycles. The number of hydrogen-bond donors (Lipinski definition) is 2. The van der Waals surface area contributed by atoms with Crippen LogP contribution in [0, 0.1) is 0 Å². The number of carbonyl (C=O) groups excluding carboxylic acids is 1. The van der Waals surface area contributed by atoms with Crippen molar-refractivity contribution in [3.63, 3.8) is 0 Å². The number of nitrogens with two attached hydrogens (primary N) is 1. The molecule has 0 atom stereocenters. The number of aryl methyl sites for hydroxylation is 2. The molecule has 1 amide bonds. The van der Waals surface area contributed by atoms with E-state index >= 15 is 0 Å².